The molecule has 3 rings (SSSR count). The molecule has 1 unspecified atom stereocenters. The van der Waals surface area contributed by atoms with E-state index in [1.807, 2.05) is 18.2 Å². The van der Waals surface area contributed by atoms with Crippen LogP contribution in [0.25, 0.3) is 11.0 Å². The molecule has 1 fully saturated rings. The second-order valence-electron chi connectivity index (χ2n) is 4.77. The highest BCUT2D eigenvalue weighted by Crippen LogP contribution is 2.26. The van der Waals surface area contributed by atoms with Gasteiger partial charge in [0.15, 0.2) is 5.76 Å². The summed E-state index contributed by atoms with van der Waals surface area (Å²) in [5.74, 6) is 0.206. The van der Waals surface area contributed by atoms with Gasteiger partial charge in [-0.25, -0.2) is 0 Å². The van der Waals surface area contributed by atoms with Crippen LogP contribution >= 0.6 is 15.9 Å². The number of aliphatic hydroxyl groups excluding tert-OH is 1. The zero-order chi connectivity index (χ0) is 13.4. The number of carbonyl (C=O) groups is 1. The molecule has 1 saturated heterocycles. The maximum absolute atomic E-state index is 12.4. The molecule has 4 nitrogen and oxygen atoms in total. The number of benzene rings is 1. The summed E-state index contributed by atoms with van der Waals surface area (Å²) in [7, 11) is 0. The van der Waals surface area contributed by atoms with Gasteiger partial charge in [0.1, 0.15) is 5.58 Å². The number of nitrogens with zero attached hydrogens (tertiary/aromatic N) is 1. The summed E-state index contributed by atoms with van der Waals surface area (Å²) < 4.78 is 6.53. The van der Waals surface area contributed by atoms with Crippen LogP contribution in [0.3, 0.4) is 0 Å². The van der Waals surface area contributed by atoms with Crippen molar-refractivity contribution in [3.8, 4) is 0 Å². The van der Waals surface area contributed by atoms with Crippen LogP contribution in [-0.4, -0.2) is 35.1 Å². The fraction of sp³-hybridized carbons (Fsp3) is 0.357. The second kappa shape index (κ2) is 4.98. The molecule has 1 atom stereocenters. The van der Waals surface area contributed by atoms with Crippen LogP contribution in [0.1, 0.15) is 23.4 Å². The predicted molar refractivity (Wildman–Crippen MR) is 75.1 cm³/mol. The molecule has 1 aliphatic rings. The van der Waals surface area contributed by atoms with Crippen molar-refractivity contribution in [3.05, 3.63) is 34.5 Å². The topological polar surface area (TPSA) is 53.7 Å². The molecule has 0 bridgehead atoms. The molecule has 0 saturated carbocycles. The van der Waals surface area contributed by atoms with Gasteiger partial charge in [-0.15, -0.1) is 0 Å². The van der Waals surface area contributed by atoms with Crippen molar-refractivity contribution in [1.29, 1.82) is 0 Å². The zero-order valence-corrected chi connectivity index (χ0v) is 11.9. The largest absolute Gasteiger partial charge is 0.451 e. The first-order valence-corrected chi connectivity index (χ1v) is 7.09. The molecule has 1 aromatic heterocycles. The number of aliphatic hydroxyl groups is 1. The molecule has 0 radical (unpaired) electrons. The van der Waals surface area contributed by atoms with E-state index in [1.54, 1.807) is 11.0 Å². The number of furan rings is 1. The molecule has 1 N–H and O–H groups in total. The Labute approximate surface area is 119 Å². The number of hydrogen-bond donors (Lipinski definition) is 1. The molecular formula is C14H14BrNO3. The van der Waals surface area contributed by atoms with Gasteiger partial charge >= 0.3 is 0 Å². The number of fused-ring (bicyclic) bond motifs is 1. The number of hydrogen-bond acceptors (Lipinski definition) is 3. The van der Waals surface area contributed by atoms with E-state index in [2.05, 4.69) is 15.9 Å². The molecule has 2 heterocycles. The van der Waals surface area contributed by atoms with Gasteiger partial charge < -0.3 is 14.4 Å². The fourth-order valence-electron chi connectivity index (χ4n) is 2.54. The lowest BCUT2D eigenvalue weighted by molar-refractivity contribution is 0.0648. The van der Waals surface area contributed by atoms with E-state index in [9.17, 15) is 9.90 Å². The average Bonchev–Trinajstić information content (AvgIpc) is 3.03. The Kier molecular flexibility index (Phi) is 3.33. The van der Waals surface area contributed by atoms with Gasteiger partial charge in [0.2, 0.25) is 0 Å². The van der Waals surface area contributed by atoms with Crippen LogP contribution in [0, 0.1) is 0 Å². The SMILES string of the molecule is O=C(c1cc2ccc(Br)cc2o1)N1CCCC1CO. The van der Waals surface area contributed by atoms with Crippen molar-refractivity contribution < 1.29 is 14.3 Å². The van der Waals surface area contributed by atoms with Crippen molar-refractivity contribution in [2.75, 3.05) is 13.2 Å². The molecule has 19 heavy (non-hydrogen) atoms. The monoisotopic (exact) mass is 323 g/mol. The Balaban J connectivity index is 1.93. The summed E-state index contributed by atoms with van der Waals surface area (Å²) in [5.41, 5.74) is 0.692. The smallest absolute Gasteiger partial charge is 0.289 e. The third kappa shape index (κ3) is 2.28. The van der Waals surface area contributed by atoms with Crippen molar-refractivity contribution in [2.24, 2.45) is 0 Å². The first-order chi connectivity index (χ1) is 9.19. The Morgan fingerprint density at radius 3 is 3.11 bits per heavy atom. The van der Waals surface area contributed by atoms with Crippen molar-refractivity contribution in [3.63, 3.8) is 0 Å². The van der Waals surface area contributed by atoms with Gasteiger partial charge in [-0.2, -0.15) is 0 Å². The first kappa shape index (κ1) is 12.7. The van der Waals surface area contributed by atoms with Gasteiger partial charge in [-0.1, -0.05) is 15.9 Å². The van der Waals surface area contributed by atoms with Crippen LogP contribution in [0.5, 0.6) is 0 Å². The summed E-state index contributed by atoms with van der Waals surface area (Å²) >= 11 is 3.38. The van der Waals surface area contributed by atoms with Crippen LogP contribution in [0.2, 0.25) is 0 Å². The standard InChI is InChI=1S/C14H14BrNO3/c15-10-4-3-9-6-13(19-12(9)7-10)14(18)16-5-1-2-11(16)8-17/h3-4,6-7,11,17H,1-2,5,8H2. The van der Waals surface area contributed by atoms with Gasteiger partial charge in [0.05, 0.1) is 12.6 Å². The van der Waals surface area contributed by atoms with E-state index < -0.39 is 0 Å². The van der Waals surface area contributed by atoms with Crippen molar-refractivity contribution in [1.82, 2.24) is 4.90 Å². The van der Waals surface area contributed by atoms with Gasteiger partial charge in [0.25, 0.3) is 5.91 Å². The van der Waals surface area contributed by atoms with Crippen molar-refractivity contribution in [2.45, 2.75) is 18.9 Å². The van der Waals surface area contributed by atoms with Crippen LogP contribution in [0.15, 0.2) is 33.2 Å². The van der Waals surface area contributed by atoms with Crippen molar-refractivity contribution >= 4 is 32.8 Å². The number of likely N-dealkylation sites (tertiary alicyclic amines) is 1. The number of rotatable bonds is 2. The van der Waals surface area contributed by atoms with Crippen LogP contribution < -0.4 is 0 Å². The molecule has 1 amide bonds. The normalized spacial score (nSPS) is 19.3. The van der Waals surface area contributed by atoms with Gasteiger partial charge in [0, 0.05) is 16.4 Å². The maximum atomic E-state index is 12.4. The average molecular weight is 324 g/mol. The van der Waals surface area contributed by atoms with E-state index in [1.165, 1.54) is 0 Å². The summed E-state index contributed by atoms with van der Waals surface area (Å²) in [6.07, 6.45) is 1.79. The summed E-state index contributed by atoms with van der Waals surface area (Å²) in [5, 5.41) is 10.2. The summed E-state index contributed by atoms with van der Waals surface area (Å²) in [6.45, 7) is 0.697. The Bertz CT molecular complexity index is 622. The molecule has 5 heteroatoms. The highest BCUT2D eigenvalue weighted by molar-refractivity contribution is 9.10. The van der Waals surface area contributed by atoms with E-state index >= 15 is 0 Å². The minimum atomic E-state index is -0.135. The molecule has 1 aromatic carbocycles. The number of carbonyl (C=O) groups excluding carboxylic acids is 1. The number of amides is 1. The Morgan fingerprint density at radius 1 is 1.47 bits per heavy atom. The highest BCUT2D eigenvalue weighted by atomic mass is 79.9. The molecule has 0 spiro atoms. The predicted octanol–water partition coefficient (Wildman–Crippen LogP) is 2.79. The van der Waals surface area contributed by atoms with Crippen LogP contribution in [0.4, 0.5) is 0 Å². The van der Waals surface area contributed by atoms with E-state index in [0.717, 1.165) is 22.7 Å². The lowest BCUT2D eigenvalue weighted by atomic mass is 10.2. The minimum Gasteiger partial charge on any atom is -0.451 e. The lowest BCUT2D eigenvalue weighted by Gasteiger charge is -2.21. The number of halogens is 1. The Hall–Kier alpha value is -1.33. The van der Waals surface area contributed by atoms with Gasteiger partial charge in [-0.05, 0) is 37.1 Å². The first-order valence-electron chi connectivity index (χ1n) is 6.30. The molecule has 2 aromatic rings. The lowest BCUT2D eigenvalue weighted by Crippen LogP contribution is -2.37. The molecular weight excluding hydrogens is 310 g/mol. The third-order valence-electron chi connectivity index (χ3n) is 3.54. The highest BCUT2D eigenvalue weighted by Gasteiger charge is 2.30. The van der Waals surface area contributed by atoms with E-state index in [-0.39, 0.29) is 18.6 Å². The van der Waals surface area contributed by atoms with Crippen LogP contribution in [-0.2, 0) is 0 Å². The van der Waals surface area contributed by atoms with E-state index in [0.29, 0.717) is 17.9 Å². The molecule has 1 aliphatic heterocycles. The van der Waals surface area contributed by atoms with E-state index in [4.69, 9.17) is 4.42 Å². The summed E-state index contributed by atoms with van der Waals surface area (Å²) in [6, 6.07) is 7.36. The molecule has 0 aliphatic carbocycles. The fourth-order valence-corrected chi connectivity index (χ4v) is 2.88. The molecule has 100 valence electrons. The van der Waals surface area contributed by atoms with Gasteiger partial charge in [-0.3, -0.25) is 4.79 Å². The third-order valence-corrected chi connectivity index (χ3v) is 4.03. The minimum absolute atomic E-state index is 0.0114. The quantitative estimate of drug-likeness (QED) is 0.924. The second-order valence-corrected chi connectivity index (χ2v) is 5.69. The Morgan fingerprint density at radius 2 is 2.32 bits per heavy atom. The summed E-state index contributed by atoms with van der Waals surface area (Å²) in [4.78, 5) is 14.1. The maximum Gasteiger partial charge on any atom is 0.289 e. The zero-order valence-electron chi connectivity index (χ0n) is 10.3.